The average Bonchev–Trinajstić information content (AvgIpc) is 2.97. The SMILES string of the molecule is CC(O)c1cc2n(c(=O)c1COC=O)C/C=C1/c3c(cc4c(c3SCC1NC(=O)CO)OCCO4)/N=C/2. The van der Waals surface area contributed by atoms with Crippen LogP contribution in [0.3, 0.4) is 0 Å². The van der Waals surface area contributed by atoms with Gasteiger partial charge in [-0.05, 0) is 24.1 Å². The second-order valence-corrected chi connectivity index (χ2v) is 9.66. The summed E-state index contributed by atoms with van der Waals surface area (Å²) in [6, 6.07) is 2.96. The average molecular weight is 528 g/mol. The van der Waals surface area contributed by atoms with Crippen molar-refractivity contribution < 1.29 is 34.0 Å². The van der Waals surface area contributed by atoms with E-state index in [4.69, 9.17) is 19.2 Å². The van der Waals surface area contributed by atoms with Crippen LogP contribution in [0.25, 0.3) is 5.57 Å². The Morgan fingerprint density at radius 1 is 1.38 bits per heavy atom. The first kappa shape index (κ1) is 25.1. The van der Waals surface area contributed by atoms with Crippen molar-refractivity contribution in [2.75, 3.05) is 25.6 Å². The number of aliphatic hydroxyl groups is 2. The van der Waals surface area contributed by atoms with Crippen molar-refractivity contribution in [2.45, 2.75) is 37.1 Å². The second-order valence-electron chi connectivity index (χ2n) is 8.63. The third kappa shape index (κ3) is 4.63. The number of carbonyl (C=O) groups is 2. The summed E-state index contributed by atoms with van der Waals surface area (Å²) < 4.78 is 18.1. The molecule has 5 rings (SSSR count). The number of carbonyl (C=O) groups excluding carboxylic acids is 2. The Labute approximate surface area is 215 Å². The molecule has 0 fully saturated rings. The number of fused-ring (bicyclic) bond motifs is 3. The number of pyridine rings is 1. The zero-order valence-electron chi connectivity index (χ0n) is 19.9. The molecule has 3 aliphatic rings. The molecule has 1 aromatic carbocycles. The maximum absolute atomic E-state index is 13.5. The highest BCUT2D eigenvalue weighted by molar-refractivity contribution is 7.99. The van der Waals surface area contributed by atoms with E-state index in [1.807, 2.05) is 6.08 Å². The summed E-state index contributed by atoms with van der Waals surface area (Å²) in [5.74, 6) is 1.12. The predicted octanol–water partition coefficient (Wildman–Crippen LogP) is 1.08. The molecule has 4 heterocycles. The lowest BCUT2D eigenvalue weighted by molar-refractivity contribution is -0.130. The van der Waals surface area contributed by atoms with E-state index >= 15 is 0 Å². The fourth-order valence-electron chi connectivity index (χ4n) is 4.68. The Kier molecular flexibility index (Phi) is 7.04. The van der Waals surface area contributed by atoms with Crippen molar-refractivity contribution in [1.82, 2.24) is 9.88 Å². The number of aliphatic imine (C=N–C) groups is 1. The number of rotatable bonds is 6. The van der Waals surface area contributed by atoms with E-state index in [2.05, 4.69) is 5.32 Å². The van der Waals surface area contributed by atoms with E-state index in [9.17, 15) is 24.6 Å². The van der Waals surface area contributed by atoms with Crippen molar-refractivity contribution >= 4 is 41.6 Å². The van der Waals surface area contributed by atoms with Gasteiger partial charge in [0.1, 0.15) is 26.4 Å². The van der Waals surface area contributed by atoms with Gasteiger partial charge in [-0.3, -0.25) is 19.4 Å². The van der Waals surface area contributed by atoms with Gasteiger partial charge in [0, 0.05) is 23.9 Å². The Balaban J connectivity index is 1.73. The summed E-state index contributed by atoms with van der Waals surface area (Å²) in [4.78, 5) is 42.0. The number of aliphatic hydroxyl groups excluding tert-OH is 2. The molecule has 37 heavy (non-hydrogen) atoms. The Hall–Kier alpha value is -3.61. The van der Waals surface area contributed by atoms with E-state index in [-0.39, 0.29) is 25.2 Å². The van der Waals surface area contributed by atoms with Gasteiger partial charge in [0.2, 0.25) is 5.91 Å². The largest absolute Gasteiger partial charge is 0.486 e. The lowest BCUT2D eigenvalue weighted by Crippen LogP contribution is -2.40. The number of nitrogens with one attached hydrogen (secondary N) is 1. The smallest absolute Gasteiger partial charge is 0.293 e. The standard InChI is InChI=1S/C25H25N3O8S/c1-13(31)16-6-14-8-26-18-7-20-23(36-5-4-35-20)24-22(18)15(19(11-37-24)27-21(32)9-29)2-3-28(14)25(33)17(16)10-34-12-30/h2,6-8,12-13,19,29,31H,3-5,9-11H2,1H3,(H,27,32)/b15-2+,26-8+. The second kappa shape index (κ2) is 10.4. The van der Waals surface area contributed by atoms with Crippen LogP contribution in [0.15, 0.2) is 32.9 Å². The summed E-state index contributed by atoms with van der Waals surface area (Å²) in [6.07, 6.45) is 2.40. The van der Waals surface area contributed by atoms with Gasteiger partial charge in [-0.1, -0.05) is 6.08 Å². The van der Waals surface area contributed by atoms with Crippen LogP contribution in [0.4, 0.5) is 5.69 Å². The number of aromatic nitrogens is 1. The minimum absolute atomic E-state index is 0.118. The van der Waals surface area contributed by atoms with Crippen LogP contribution < -0.4 is 20.3 Å². The zero-order valence-corrected chi connectivity index (χ0v) is 20.7. The van der Waals surface area contributed by atoms with E-state index in [1.54, 1.807) is 18.3 Å². The van der Waals surface area contributed by atoms with Crippen molar-refractivity contribution in [1.29, 1.82) is 0 Å². The fraction of sp³-hybridized carbons (Fsp3) is 0.360. The number of thioether (sulfide) groups is 1. The Morgan fingerprint density at radius 3 is 2.95 bits per heavy atom. The molecule has 1 amide bonds. The first-order valence-corrected chi connectivity index (χ1v) is 12.7. The molecule has 11 nitrogen and oxygen atoms in total. The molecule has 0 saturated carbocycles. The number of hydrogen-bond acceptors (Lipinski definition) is 10. The number of allylic oxidation sites excluding steroid dienone is 1. The van der Waals surface area contributed by atoms with Gasteiger partial charge in [-0.25, -0.2) is 0 Å². The highest BCUT2D eigenvalue weighted by Gasteiger charge is 2.34. The highest BCUT2D eigenvalue weighted by Crippen LogP contribution is 2.52. The molecule has 194 valence electrons. The molecule has 3 N–H and O–H groups in total. The maximum Gasteiger partial charge on any atom is 0.293 e. The number of hydrogen-bond donors (Lipinski definition) is 3. The third-order valence-electron chi connectivity index (χ3n) is 6.35. The first-order chi connectivity index (χ1) is 17.9. The van der Waals surface area contributed by atoms with Crippen LogP contribution in [-0.4, -0.2) is 65.0 Å². The van der Waals surface area contributed by atoms with E-state index in [1.165, 1.54) is 23.3 Å². The number of benzene rings is 1. The molecule has 3 aliphatic heterocycles. The molecule has 2 unspecified atom stereocenters. The molecule has 2 atom stereocenters. The minimum Gasteiger partial charge on any atom is -0.486 e. The van der Waals surface area contributed by atoms with Gasteiger partial charge in [-0.15, -0.1) is 11.8 Å². The van der Waals surface area contributed by atoms with E-state index in [0.29, 0.717) is 47.4 Å². The molecule has 1 aromatic heterocycles. The molecule has 2 aromatic rings. The van der Waals surface area contributed by atoms with Gasteiger partial charge < -0.3 is 34.3 Å². The van der Waals surface area contributed by atoms with Crippen LogP contribution in [0.2, 0.25) is 0 Å². The third-order valence-corrected chi connectivity index (χ3v) is 7.53. The zero-order chi connectivity index (χ0) is 26.1. The van der Waals surface area contributed by atoms with Crippen molar-refractivity contribution in [3.63, 3.8) is 0 Å². The van der Waals surface area contributed by atoms with Crippen LogP contribution in [-0.2, 0) is 27.5 Å². The van der Waals surface area contributed by atoms with Crippen LogP contribution in [0, 0.1) is 0 Å². The summed E-state index contributed by atoms with van der Waals surface area (Å²) in [7, 11) is 0. The molecule has 0 aliphatic carbocycles. The molecule has 12 heteroatoms. The van der Waals surface area contributed by atoms with Crippen molar-refractivity contribution in [3.8, 4) is 11.5 Å². The van der Waals surface area contributed by atoms with Gasteiger partial charge in [-0.2, -0.15) is 0 Å². The molecule has 0 spiro atoms. The normalized spacial score (nSPS) is 20.5. The quantitative estimate of drug-likeness (QED) is 0.469. The molecule has 0 saturated heterocycles. The topological polar surface area (TPSA) is 149 Å². The van der Waals surface area contributed by atoms with Gasteiger partial charge in [0.25, 0.3) is 12.0 Å². The van der Waals surface area contributed by atoms with E-state index in [0.717, 1.165) is 16.0 Å². The van der Waals surface area contributed by atoms with Crippen LogP contribution >= 0.6 is 11.8 Å². The van der Waals surface area contributed by atoms with Crippen LogP contribution in [0.1, 0.15) is 35.4 Å². The van der Waals surface area contributed by atoms with Crippen LogP contribution in [0.5, 0.6) is 11.5 Å². The Morgan fingerprint density at radius 2 is 2.19 bits per heavy atom. The molecule has 0 radical (unpaired) electrons. The predicted molar refractivity (Wildman–Crippen MR) is 135 cm³/mol. The van der Waals surface area contributed by atoms with E-state index < -0.39 is 30.2 Å². The maximum atomic E-state index is 13.5. The summed E-state index contributed by atoms with van der Waals surface area (Å²) >= 11 is 1.49. The molecule has 0 bridgehead atoms. The lowest BCUT2D eigenvalue weighted by atomic mass is 9.95. The lowest BCUT2D eigenvalue weighted by Gasteiger charge is -2.32. The summed E-state index contributed by atoms with van der Waals surface area (Å²) in [5.41, 5.74) is 2.55. The van der Waals surface area contributed by atoms with Gasteiger partial charge >= 0.3 is 0 Å². The Bertz CT molecular complexity index is 1380. The molecular formula is C25H25N3O8S. The van der Waals surface area contributed by atoms with Crippen molar-refractivity contribution in [3.05, 3.63) is 50.9 Å². The number of nitrogens with zero attached hydrogens (tertiary/aromatic N) is 2. The fourth-order valence-corrected chi connectivity index (χ4v) is 5.93. The minimum atomic E-state index is -0.982. The van der Waals surface area contributed by atoms with Crippen molar-refractivity contribution in [2.24, 2.45) is 4.99 Å². The summed E-state index contributed by atoms with van der Waals surface area (Å²) in [5, 5.41) is 22.5. The van der Waals surface area contributed by atoms with Gasteiger partial charge in [0.05, 0.1) is 40.2 Å². The number of amides is 1. The first-order valence-electron chi connectivity index (χ1n) is 11.7. The number of ether oxygens (including phenoxy) is 3. The monoisotopic (exact) mass is 527 g/mol. The summed E-state index contributed by atoms with van der Waals surface area (Å²) in [6.45, 7) is 1.76. The highest BCUT2D eigenvalue weighted by atomic mass is 32.2. The van der Waals surface area contributed by atoms with Gasteiger partial charge in [0.15, 0.2) is 11.5 Å². The molecular weight excluding hydrogens is 502 g/mol.